The summed E-state index contributed by atoms with van der Waals surface area (Å²) in [6.07, 6.45) is -2.20. The Labute approximate surface area is 160 Å². The molecule has 3 atom stereocenters. The second kappa shape index (κ2) is 9.71. The monoisotopic (exact) mass is 404 g/mol. The van der Waals surface area contributed by atoms with Crippen molar-refractivity contribution in [2.75, 3.05) is 19.8 Å². The normalized spacial score (nSPS) is 28.3. The molecule has 0 aromatic carbocycles. The molecule has 1 saturated heterocycles. The van der Waals surface area contributed by atoms with Gasteiger partial charge in [-0.15, -0.1) is 0 Å². The predicted molar refractivity (Wildman–Crippen MR) is 88.6 cm³/mol. The van der Waals surface area contributed by atoms with E-state index in [2.05, 4.69) is 0 Å². The third-order valence-corrected chi connectivity index (χ3v) is 4.18. The summed E-state index contributed by atoms with van der Waals surface area (Å²) in [4.78, 5) is 62.4. The van der Waals surface area contributed by atoms with Crippen molar-refractivity contribution in [3.63, 3.8) is 0 Å². The fourth-order valence-corrected chi connectivity index (χ4v) is 2.52. The van der Waals surface area contributed by atoms with Crippen molar-refractivity contribution in [2.24, 2.45) is 0 Å². The first-order valence-corrected chi connectivity index (χ1v) is 8.75. The number of aliphatic hydroxyl groups excluding tert-OH is 3. The maximum Gasteiger partial charge on any atom is 0.362 e. The van der Waals surface area contributed by atoms with Crippen LogP contribution >= 0.6 is 0 Å². The van der Waals surface area contributed by atoms with Gasteiger partial charge in [-0.1, -0.05) is 13.8 Å². The number of cyclic esters (lactones) is 3. The second-order valence-corrected chi connectivity index (χ2v) is 6.20. The molecule has 0 spiro atoms. The highest BCUT2D eigenvalue weighted by atomic mass is 16.7. The zero-order valence-electron chi connectivity index (χ0n) is 15.6. The third-order valence-electron chi connectivity index (χ3n) is 4.18. The molecule has 0 radical (unpaired) electrons. The van der Waals surface area contributed by atoms with E-state index in [1.807, 2.05) is 0 Å². The van der Waals surface area contributed by atoms with Crippen molar-refractivity contribution in [3.8, 4) is 0 Å². The maximum absolute atomic E-state index is 12.7. The zero-order chi connectivity index (χ0) is 21.5. The lowest BCUT2D eigenvalue weighted by Crippen LogP contribution is -2.60. The lowest BCUT2D eigenvalue weighted by Gasteiger charge is -2.31. The van der Waals surface area contributed by atoms with Crippen LogP contribution < -0.4 is 0 Å². The van der Waals surface area contributed by atoms with Gasteiger partial charge in [0.05, 0.1) is 6.61 Å². The topological polar surface area (TPSA) is 174 Å². The minimum absolute atomic E-state index is 0.212. The Hall–Kier alpha value is -2.37. The zero-order valence-corrected chi connectivity index (χ0v) is 15.6. The highest BCUT2D eigenvalue weighted by Gasteiger charge is 2.60. The van der Waals surface area contributed by atoms with Crippen LogP contribution in [-0.2, 0) is 38.2 Å². The molecule has 0 aromatic rings. The summed E-state index contributed by atoms with van der Waals surface area (Å²) in [5.74, 6) is -6.89. The van der Waals surface area contributed by atoms with Crippen LogP contribution in [0.1, 0.15) is 39.5 Å². The van der Waals surface area contributed by atoms with E-state index in [1.165, 1.54) is 0 Å². The number of aliphatic hydroxyl groups is 3. The van der Waals surface area contributed by atoms with Gasteiger partial charge < -0.3 is 29.5 Å². The molecular formula is C17H24O11. The van der Waals surface area contributed by atoms with E-state index in [1.54, 1.807) is 13.8 Å². The quantitative estimate of drug-likeness (QED) is 0.224. The molecule has 28 heavy (non-hydrogen) atoms. The molecule has 0 bridgehead atoms. The van der Waals surface area contributed by atoms with Gasteiger partial charge in [-0.05, 0) is 12.8 Å². The number of ether oxygens (including phenoxy) is 3. The van der Waals surface area contributed by atoms with Crippen LogP contribution in [-0.4, -0.2) is 81.9 Å². The largest absolute Gasteiger partial charge is 0.444 e. The molecule has 0 amide bonds. The van der Waals surface area contributed by atoms with Gasteiger partial charge in [0.1, 0.15) is 13.2 Å². The number of ketones is 2. The van der Waals surface area contributed by atoms with E-state index >= 15 is 0 Å². The minimum atomic E-state index is -2.87. The van der Waals surface area contributed by atoms with Gasteiger partial charge in [0.25, 0.3) is 11.2 Å². The molecule has 0 aliphatic carbocycles. The minimum Gasteiger partial charge on any atom is -0.444 e. The van der Waals surface area contributed by atoms with Gasteiger partial charge >= 0.3 is 17.9 Å². The fourth-order valence-electron chi connectivity index (χ4n) is 2.52. The van der Waals surface area contributed by atoms with Crippen molar-refractivity contribution in [2.45, 2.75) is 56.8 Å². The fraction of sp³-hybridized carbons (Fsp3) is 0.706. The molecule has 1 rings (SSSR count). The molecule has 1 heterocycles. The van der Waals surface area contributed by atoms with Crippen LogP contribution in [0.4, 0.5) is 0 Å². The summed E-state index contributed by atoms with van der Waals surface area (Å²) < 4.78 is 14.4. The van der Waals surface area contributed by atoms with E-state index in [0.29, 0.717) is 0 Å². The van der Waals surface area contributed by atoms with Gasteiger partial charge in [-0.25, -0.2) is 14.4 Å². The Balaban J connectivity index is 3.62. The van der Waals surface area contributed by atoms with Gasteiger partial charge in [0.2, 0.25) is 6.10 Å². The summed E-state index contributed by atoms with van der Waals surface area (Å²) >= 11 is 0. The first-order valence-electron chi connectivity index (χ1n) is 8.75. The Morgan fingerprint density at radius 3 is 1.71 bits per heavy atom. The summed E-state index contributed by atoms with van der Waals surface area (Å²) in [7, 11) is 0. The SMILES string of the molecule is CCCC(=O)C1(CO)OC(=O)C(CO)OC(=O)C(CO)(C(=O)CCC)OC1=O. The van der Waals surface area contributed by atoms with E-state index in [-0.39, 0.29) is 25.7 Å². The first-order chi connectivity index (χ1) is 13.2. The lowest BCUT2D eigenvalue weighted by molar-refractivity contribution is -0.202. The van der Waals surface area contributed by atoms with Crippen molar-refractivity contribution < 1.29 is 53.5 Å². The molecule has 1 fully saturated rings. The molecule has 1 aliphatic rings. The molecule has 1 aliphatic heterocycles. The summed E-state index contributed by atoms with van der Waals surface area (Å²) in [6, 6.07) is 0. The van der Waals surface area contributed by atoms with Crippen LogP contribution in [0.15, 0.2) is 0 Å². The summed E-state index contributed by atoms with van der Waals surface area (Å²) in [5, 5.41) is 28.7. The second-order valence-electron chi connectivity index (χ2n) is 6.20. The average molecular weight is 404 g/mol. The van der Waals surface area contributed by atoms with Crippen LogP contribution in [0.5, 0.6) is 0 Å². The number of Topliss-reactive ketones (excluding diaryl/α,β-unsaturated/α-hetero) is 2. The average Bonchev–Trinajstić information content (AvgIpc) is 2.70. The van der Waals surface area contributed by atoms with E-state index in [9.17, 15) is 39.3 Å². The molecule has 11 heteroatoms. The standard InChI is InChI=1S/C17H24O11/c1-3-5-11(21)16(8-19)14(24)26-10(7-18)13(23)27-17(9-20,15(25)28-16)12(22)6-4-2/h10,18-20H,3-9H2,1-2H3. The van der Waals surface area contributed by atoms with E-state index in [0.717, 1.165) is 0 Å². The Morgan fingerprint density at radius 2 is 1.32 bits per heavy atom. The molecule has 3 N–H and O–H groups in total. The van der Waals surface area contributed by atoms with Crippen molar-refractivity contribution in [1.82, 2.24) is 0 Å². The molecule has 158 valence electrons. The Bertz CT molecular complexity index is 623. The summed E-state index contributed by atoms with van der Waals surface area (Å²) in [5.41, 5.74) is -5.75. The number of hydrogen-bond donors (Lipinski definition) is 3. The molecule has 0 aromatic heterocycles. The number of carbonyl (C=O) groups is 5. The first kappa shape index (κ1) is 23.7. The van der Waals surface area contributed by atoms with Crippen molar-refractivity contribution in [3.05, 3.63) is 0 Å². The lowest BCUT2D eigenvalue weighted by atomic mass is 9.92. The number of hydrogen-bond acceptors (Lipinski definition) is 11. The molecule has 3 unspecified atom stereocenters. The molecular weight excluding hydrogens is 380 g/mol. The van der Waals surface area contributed by atoms with Gasteiger partial charge in [-0.2, -0.15) is 0 Å². The van der Waals surface area contributed by atoms with Gasteiger partial charge in [0.15, 0.2) is 11.6 Å². The highest BCUT2D eigenvalue weighted by Crippen LogP contribution is 2.28. The van der Waals surface area contributed by atoms with Crippen molar-refractivity contribution in [1.29, 1.82) is 0 Å². The van der Waals surface area contributed by atoms with Crippen LogP contribution in [0.2, 0.25) is 0 Å². The third kappa shape index (κ3) is 4.21. The summed E-state index contributed by atoms with van der Waals surface area (Å²) in [6.45, 7) is -0.626. The maximum atomic E-state index is 12.7. The van der Waals surface area contributed by atoms with Gasteiger partial charge in [-0.3, -0.25) is 9.59 Å². The van der Waals surface area contributed by atoms with E-state index < -0.39 is 66.6 Å². The smallest absolute Gasteiger partial charge is 0.362 e. The van der Waals surface area contributed by atoms with Gasteiger partial charge in [0, 0.05) is 12.8 Å². The number of esters is 3. The predicted octanol–water partition coefficient (Wildman–Crippen LogP) is -1.81. The van der Waals surface area contributed by atoms with Crippen molar-refractivity contribution >= 4 is 29.5 Å². The Kier molecular flexibility index (Phi) is 8.21. The van der Waals surface area contributed by atoms with E-state index in [4.69, 9.17) is 14.2 Å². The number of carbonyl (C=O) groups excluding carboxylic acids is 5. The molecule has 11 nitrogen and oxygen atoms in total. The van der Waals surface area contributed by atoms with Crippen LogP contribution in [0.3, 0.4) is 0 Å². The number of rotatable bonds is 9. The van der Waals surface area contributed by atoms with Crippen LogP contribution in [0.25, 0.3) is 0 Å². The highest BCUT2D eigenvalue weighted by molar-refractivity contribution is 6.14. The van der Waals surface area contributed by atoms with Crippen LogP contribution in [0, 0.1) is 0 Å². The Morgan fingerprint density at radius 1 is 0.857 bits per heavy atom. The molecule has 0 saturated carbocycles.